The van der Waals surface area contributed by atoms with Crippen molar-refractivity contribution in [2.24, 2.45) is 5.41 Å². The molecule has 0 amide bonds. The highest BCUT2D eigenvalue weighted by atomic mass is 16.6. The predicted octanol–water partition coefficient (Wildman–Crippen LogP) is 3.20. The van der Waals surface area contributed by atoms with Crippen LogP contribution >= 0.6 is 0 Å². The summed E-state index contributed by atoms with van der Waals surface area (Å²) in [5.74, 6) is -1.16. The van der Waals surface area contributed by atoms with Gasteiger partial charge in [-0.15, -0.1) is 0 Å². The first-order valence-corrected chi connectivity index (χ1v) is 6.65. The molecule has 0 heterocycles. The number of carbonyl (C=O) groups is 1. The van der Waals surface area contributed by atoms with Crippen LogP contribution in [0, 0.1) is 22.5 Å². The molecule has 1 aliphatic rings. The molecule has 0 spiro atoms. The Morgan fingerprint density at radius 2 is 2.15 bits per heavy atom. The van der Waals surface area contributed by atoms with Gasteiger partial charge < -0.3 is 10.4 Å². The summed E-state index contributed by atoms with van der Waals surface area (Å²) in [5, 5.41) is 23.2. The third kappa shape index (κ3) is 2.74. The molecule has 0 saturated heterocycles. The van der Waals surface area contributed by atoms with Gasteiger partial charge in [0.2, 0.25) is 0 Å². The Labute approximate surface area is 117 Å². The molecular formula is C14H18N2O4. The minimum absolute atomic E-state index is 0.0638. The van der Waals surface area contributed by atoms with E-state index in [2.05, 4.69) is 12.2 Å². The largest absolute Gasteiger partial charge is 0.478 e. The molecular weight excluding hydrogens is 260 g/mol. The zero-order chi connectivity index (χ0) is 14.9. The van der Waals surface area contributed by atoms with Gasteiger partial charge in [-0.3, -0.25) is 10.1 Å². The number of nitrogens with zero attached hydrogens (tertiary/aromatic N) is 1. The lowest BCUT2D eigenvalue weighted by Gasteiger charge is -2.16. The van der Waals surface area contributed by atoms with Gasteiger partial charge >= 0.3 is 5.97 Å². The molecule has 0 unspecified atom stereocenters. The van der Waals surface area contributed by atoms with E-state index >= 15 is 0 Å². The van der Waals surface area contributed by atoms with Crippen LogP contribution in [-0.4, -0.2) is 22.5 Å². The van der Waals surface area contributed by atoms with Gasteiger partial charge in [-0.2, -0.15) is 0 Å². The van der Waals surface area contributed by atoms with Crippen molar-refractivity contribution < 1.29 is 14.8 Å². The van der Waals surface area contributed by atoms with E-state index in [9.17, 15) is 14.9 Å². The number of nitro groups is 1. The number of benzene rings is 1. The van der Waals surface area contributed by atoms with Gasteiger partial charge in [-0.1, -0.05) is 6.92 Å². The number of aromatic carboxylic acids is 1. The van der Waals surface area contributed by atoms with E-state index in [1.807, 2.05) is 0 Å². The number of carboxylic acids is 1. The van der Waals surface area contributed by atoms with Crippen LogP contribution < -0.4 is 5.32 Å². The minimum Gasteiger partial charge on any atom is -0.478 e. The second-order valence-electron chi connectivity index (χ2n) is 5.44. The average molecular weight is 278 g/mol. The molecule has 108 valence electrons. The Kier molecular flexibility index (Phi) is 3.65. The van der Waals surface area contributed by atoms with Crippen LogP contribution in [0.25, 0.3) is 0 Å². The van der Waals surface area contributed by atoms with E-state index in [4.69, 9.17) is 5.11 Å². The summed E-state index contributed by atoms with van der Waals surface area (Å²) in [6, 6.07) is 2.58. The fourth-order valence-electron chi connectivity index (χ4n) is 2.31. The summed E-state index contributed by atoms with van der Waals surface area (Å²) in [7, 11) is 0. The zero-order valence-electron chi connectivity index (χ0n) is 11.6. The van der Waals surface area contributed by atoms with Crippen molar-refractivity contribution >= 4 is 17.3 Å². The van der Waals surface area contributed by atoms with Gasteiger partial charge in [0.05, 0.1) is 10.5 Å². The fraction of sp³-hybridized carbons (Fsp3) is 0.500. The summed E-state index contributed by atoms with van der Waals surface area (Å²) in [5.41, 5.74) is 1.07. The highest BCUT2D eigenvalue weighted by molar-refractivity contribution is 5.90. The molecule has 0 bridgehead atoms. The molecule has 1 aromatic carbocycles. The second kappa shape index (κ2) is 5.11. The number of hydrogen-bond donors (Lipinski definition) is 2. The highest BCUT2D eigenvalue weighted by Crippen LogP contribution is 2.48. The molecule has 0 atom stereocenters. The van der Waals surface area contributed by atoms with Gasteiger partial charge in [0, 0.05) is 23.9 Å². The maximum absolute atomic E-state index is 11.1. The van der Waals surface area contributed by atoms with Crippen molar-refractivity contribution in [1.29, 1.82) is 0 Å². The molecule has 0 aliphatic heterocycles. The number of nitro benzene ring substituents is 1. The van der Waals surface area contributed by atoms with Crippen LogP contribution in [0.4, 0.5) is 11.4 Å². The zero-order valence-corrected chi connectivity index (χ0v) is 11.6. The molecule has 0 radical (unpaired) electrons. The van der Waals surface area contributed by atoms with Gasteiger partial charge in [0.1, 0.15) is 0 Å². The minimum atomic E-state index is -1.16. The van der Waals surface area contributed by atoms with Crippen LogP contribution in [0.15, 0.2) is 12.1 Å². The van der Waals surface area contributed by atoms with Gasteiger partial charge in [0.25, 0.3) is 5.69 Å². The van der Waals surface area contributed by atoms with Crippen molar-refractivity contribution in [3.05, 3.63) is 33.4 Å². The maximum Gasteiger partial charge on any atom is 0.336 e. The lowest BCUT2D eigenvalue weighted by atomic mass is 10.0. The maximum atomic E-state index is 11.1. The lowest BCUT2D eigenvalue weighted by Crippen LogP contribution is -2.16. The molecule has 6 nitrogen and oxygen atoms in total. The Balaban J connectivity index is 2.30. The third-order valence-corrected chi connectivity index (χ3v) is 4.18. The van der Waals surface area contributed by atoms with E-state index in [-0.39, 0.29) is 16.7 Å². The number of hydrogen-bond acceptors (Lipinski definition) is 4. The second-order valence-corrected chi connectivity index (χ2v) is 5.44. The van der Waals surface area contributed by atoms with Crippen LogP contribution in [0.1, 0.15) is 42.1 Å². The molecule has 1 saturated carbocycles. The van der Waals surface area contributed by atoms with Crippen LogP contribution in [-0.2, 0) is 0 Å². The molecule has 20 heavy (non-hydrogen) atoms. The van der Waals surface area contributed by atoms with Crippen LogP contribution in [0.2, 0.25) is 0 Å². The molecule has 1 fully saturated rings. The number of rotatable bonds is 6. The van der Waals surface area contributed by atoms with Gasteiger partial charge in [0.15, 0.2) is 0 Å². The molecule has 1 aromatic rings. The van der Waals surface area contributed by atoms with E-state index < -0.39 is 10.9 Å². The Morgan fingerprint density at radius 1 is 1.50 bits per heavy atom. The highest BCUT2D eigenvalue weighted by Gasteiger charge is 2.40. The number of nitrogens with one attached hydrogen (secondary N) is 1. The summed E-state index contributed by atoms with van der Waals surface area (Å²) in [6.07, 6.45) is 3.35. The Morgan fingerprint density at radius 3 is 2.60 bits per heavy atom. The third-order valence-electron chi connectivity index (χ3n) is 4.18. The molecule has 2 rings (SSSR count). The quantitative estimate of drug-likeness (QED) is 0.615. The van der Waals surface area contributed by atoms with Crippen LogP contribution in [0.3, 0.4) is 0 Å². The normalized spacial score (nSPS) is 15.7. The lowest BCUT2D eigenvalue weighted by molar-refractivity contribution is -0.385. The SMILES string of the molecule is CCC1(CNc2cc(C(=O)O)cc([N+](=O)[O-])c2C)CC1. The molecule has 2 N–H and O–H groups in total. The van der Waals surface area contributed by atoms with Gasteiger partial charge in [-0.05, 0) is 37.7 Å². The summed E-state index contributed by atoms with van der Waals surface area (Å²) in [6.45, 7) is 4.49. The smallest absolute Gasteiger partial charge is 0.336 e. The van der Waals surface area contributed by atoms with Crippen LogP contribution in [0.5, 0.6) is 0 Å². The molecule has 1 aliphatic carbocycles. The topological polar surface area (TPSA) is 92.5 Å². The molecule has 0 aromatic heterocycles. The summed E-state index contributed by atoms with van der Waals surface area (Å²) in [4.78, 5) is 21.5. The van der Waals surface area contributed by atoms with Crippen molar-refractivity contribution in [2.45, 2.75) is 33.1 Å². The van der Waals surface area contributed by atoms with Crippen molar-refractivity contribution in [3.8, 4) is 0 Å². The fourth-order valence-corrected chi connectivity index (χ4v) is 2.31. The number of carboxylic acid groups (broad SMARTS) is 1. The van der Waals surface area contributed by atoms with Crippen molar-refractivity contribution in [3.63, 3.8) is 0 Å². The van der Waals surface area contributed by atoms with Gasteiger partial charge in [-0.25, -0.2) is 4.79 Å². The summed E-state index contributed by atoms with van der Waals surface area (Å²) < 4.78 is 0. The van der Waals surface area contributed by atoms with Crippen molar-refractivity contribution in [1.82, 2.24) is 0 Å². The average Bonchev–Trinajstić information content (AvgIpc) is 3.17. The van der Waals surface area contributed by atoms with Crippen molar-refractivity contribution in [2.75, 3.05) is 11.9 Å². The first-order valence-electron chi connectivity index (χ1n) is 6.65. The van der Waals surface area contributed by atoms with E-state index in [1.54, 1.807) is 6.92 Å². The Hall–Kier alpha value is -2.11. The summed E-state index contributed by atoms with van der Waals surface area (Å²) >= 11 is 0. The number of anilines is 1. The molecule has 6 heteroatoms. The van der Waals surface area contributed by atoms with E-state index in [0.29, 0.717) is 11.3 Å². The predicted molar refractivity (Wildman–Crippen MR) is 75.2 cm³/mol. The van der Waals surface area contributed by atoms with E-state index in [1.165, 1.54) is 6.07 Å². The van der Waals surface area contributed by atoms with E-state index in [0.717, 1.165) is 31.9 Å². The standard InChI is InChI=1S/C14H18N2O4/c1-3-14(4-5-14)8-15-11-6-10(13(17)18)7-12(9(11)2)16(19)20/h6-7,15H,3-5,8H2,1-2H3,(H,17,18). The monoisotopic (exact) mass is 278 g/mol. The first kappa shape index (κ1) is 14.3. The Bertz CT molecular complexity index is 565. The first-order chi connectivity index (χ1) is 9.38.